The van der Waals surface area contributed by atoms with Gasteiger partial charge in [0.25, 0.3) is 0 Å². The molecule has 0 saturated heterocycles. The van der Waals surface area contributed by atoms with Crippen LogP contribution in [-0.2, 0) is 10.0 Å². The molecule has 1 saturated carbocycles. The predicted octanol–water partition coefficient (Wildman–Crippen LogP) is 2.93. The molecule has 23 heavy (non-hydrogen) atoms. The molecular weight excluding hydrogens is 403 g/mol. The highest BCUT2D eigenvalue weighted by Gasteiger charge is 2.35. The number of hydrogen-bond acceptors (Lipinski definition) is 4. The van der Waals surface area contributed by atoms with Crippen LogP contribution in [0.25, 0.3) is 0 Å². The van der Waals surface area contributed by atoms with E-state index in [-0.39, 0.29) is 4.47 Å². The number of rotatable bonds is 4. The van der Waals surface area contributed by atoms with Crippen LogP contribution in [-0.4, -0.2) is 32.0 Å². The first-order chi connectivity index (χ1) is 10.6. The standard InChI is InChI=1S/C13H15BrF3NO4S/c14-8-1-6-12(11(7-8)22-13(15,16)17)23(20,21)18-9-2-4-10(19)5-3-9/h1,6-7,9-10,18-19H,2-5H2. The summed E-state index contributed by atoms with van der Waals surface area (Å²) in [6.45, 7) is 0. The van der Waals surface area contributed by atoms with Gasteiger partial charge < -0.3 is 9.84 Å². The molecule has 2 rings (SSSR count). The summed E-state index contributed by atoms with van der Waals surface area (Å²) < 4.78 is 68.6. The minimum atomic E-state index is -5.00. The van der Waals surface area contributed by atoms with Gasteiger partial charge in [0, 0.05) is 10.5 Å². The van der Waals surface area contributed by atoms with E-state index in [0.29, 0.717) is 25.7 Å². The fourth-order valence-corrected chi connectivity index (χ4v) is 4.14. The van der Waals surface area contributed by atoms with Gasteiger partial charge in [-0.3, -0.25) is 0 Å². The van der Waals surface area contributed by atoms with Crippen molar-refractivity contribution >= 4 is 26.0 Å². The van der Waals surface area contributed by atoms with Crippen LogP contribution in [0.4, 0.5) is 13.2 Å². The van der Waals surface area contributed by atoms with Gasteiger partial charge in [-0.25, -0.2) is 13.1 Å². The van der Waals surface area contributed by atoms with Crippen LogP contribution in [0.15, 0.2) is 27.6 Å². The normalized spacial score (nSPS) is 22.8. The molecule has 0 radical (unpaired) electrons. The summed E-state index contributed by atoms with van der Waals surface area (Å²) in [4.78, 5) is -0.579. The molecule has 0 atom stereocenters. The summed E-state index contributed by atoms with van der Waals surface area (Å²) in [7, 11) is -4.17. The Bertz CT molecular complexity index is 658. The quantitative estimate of drug-likeness (QED) is 0.789. The Morgan fingerprint density at radius 2 is 1.83 bits per heavy atom. The first-order valence-corrected chi connectivity index (χ1v) is 9.10. The molecule has 130 valence electrons. The van der Waals surface area contributed by atoms with Gasteiger partial charge in [0.2, 0.25) is 10.0 Å². The zero-order chi connectivity index (χ0) is 17.3. The van der Waals surface area contributed by atoms with Crippen molar-refractivity contribution in [2.75, 3.05) is 0 Å². The average Bonchev–Trinajstić information content (AvgIpc) is 2.39. The minimum Gasteiger partial charge on any atom is -0.404 e. The minimum absolute atomic E-state index is 0.261. The highest BCUT2D eigenvalue weighted by molar-refractivity contribution is 9.10. The second kappa shape index (κ2) is 6.96. The Morgan fingerprint density at radius 1 is 1.22 bits per heavy atom. The van der Waals surface area contributed by atoms with Crippen LogP contribution in [0.1, 0.15) is 25.7 Å². The van der Waals surface area contributed by atoms with Crippen molar-refractivity contribution in [1.82, 2.24) is 4.72 Å². The number of sulfonamides is 1. The average molecular weight is 418 g/mol. The van der Waals surface area contributed by atoms with E-state index < -0.39 is 39.2 Å². The van der Waals surface area contributed by atoms with E-state index in [2.05, 4.69) is 25.4 Å². The number of aliphatic hydroxyl groups excluding tert-OH is 1. The number of halogens is 4. The van der Waals surface area contributed by atoms with Gasteiger partial charge in [0.05, 0.1) is 6.10 Å². The van der Waals surface area contributed by atoms with E-state index in [4.69, 9.17) is 0 Å². The van der Waals surface area contributed by atoms with Crippen LogP contribution < -0.4 is 9.46 Å². The maximum Gasteiger partial charge on any atom is 0.573 e. The van der Waals surface area contributed by atoms with Crippen LogP contribution in [0, 0.1) is 0 Å². The lowest BCUT2D eigenvalue weighted by Gasteiger charge is -2.26. The Labute approximate surface area is 140 Å². The highest BCUT2D eigenvalue weighted by Crippen LogP contribution is 2.33. The lowest BCUT2D eigenvalue weighted by Crippen LogP contribution is -2.38. The second-order valence-corrected chi connectivity index (χ2v) is 7.86. The Hall–Kier alpha value is -0.840. The first-order valence-electron chi connectivity index (χ1n) is 6.82. The predicted molar refractivity (Wildman–Crippen MR) is 79.4 cm³/mol. The number of aliphatic hydroxyl groups is 1. The van der Waals surface area contributed by atoms with Crippen LogP contribution in [0.3, 0.4) is 0 Å². The number of ether oxygens (including phenoxy) is 1. The van der Waals surface area contributed by atoms with E-state index >= 15 is 0 Å². The maximum atomic E-state index is 12.5. The van der Waals surface area contributed by atoms with Gasteiger partial charge >= 0.3 is 6.36 Å². The Morgan fingerprint density at radius 3 is 2.39 bits per heavy atom. The molecule has 0 spiro atoms. The smallest absolute Gasteiger partial charge is 0.404 e. The number of hydrogen-bond donors (Lipinski definition) is 2. The third kappa shape index (κ3) is 5.33. The summed E-state index contributed by atoms with van der Waals surface area (Å²) >= 11 is 2.99. The van der Waals surface area contributed by atoms with Crippen molar-refractivity contribution in [3.63, 3.8) is 0 Å². The van der Waals surface area contributed by atoms with Crippen molar-refractivity contribution in [2.45, 2.75) is 49.1 Å². The summed E-state index contributed by atoms with van der Waals surface area (Å²) in [5, 5.41) is 9.42. The van der Waals surface area contributed by atoms with E-state index in [1.165, 1.54) is 6.07 Å². The van der Waals surface area contributed by atoms with E-state index in [0.717, 1.165) is 12.1 Å². The molecule has 0 aromatic heterocycles. The molecule has 0 bridgehead atoms. The monoisotopic (exact) mass is 417 g/mol. The fourth-order valence-electron chi connectivity index (χ4n) is 2.38. The molecule has 1 aliphatic rings. The zero-order valence-corrected chi connectivity index (χ0v) is 14.2. The Kier molecular flexibility index (Phi) is 5.59. The third-order valence-electron chi connectivity index (χ3n) is 3.44. The summed E-state index contributed by atoms with van der Waals surface area (Å²) in [6, 6.07) is 2.89. The van der Waals surface area contributed by atoms with E-state index in [9.17, 15) is 26.7 Å². The number of nitrogens with one attached hydrogen (secondary N) is 1. The van der Waals surface area contributed by atoms with Gasteiger partial charge in [-0.1, -0.05) is 15.9 Å². The number of alkyl halides is 3. The van der Waals surface area contributed by atoms with Gasteiger partial charge in [0.15, 0.2) is 5.75 Å². The lowest BCUT2D eigenvalue weighted by atomic mass is 9.94. The largest absolute Gasteiger partial charge is 0.573 e. The molecule has 0 heterocycles. The highest BCUT2D eigenvalue weighted by atomic mass is 79.9. The number of benzene rings is 1. The molecule has 10 heteroatoms. The van der Waals surface area contributed by atoms with Gasteiger partial charge in [-0.05, 0) is 43.9 Å². The second-order valence-electron chi connectivity index (χ2n) is 5.27. The molecular formula is C13H15BrF3NO4S. The van der Waals surface area contributed by atoms with Gasteiger partial charge in [-0.15, -0.1) is 13.2 Å². The molecule has 0 aliphatic heterocycles. The summed E-state index contributed by atoms with van der Waals surface area (Å²) in [6.07, 6.45) is -3.73. The van der Waals surface area contributed by atoms with Crippen molar-refractivity contribution in [2.24, 2.45) is 0 Å². The Balaban J connectivity index is 2.25. The lowest BCUT2D eigenvalue weighted by molar-refractivity contribution is -0.275. The zero-order valence-electron chi connectivity index (χ0n) is 11.8. The van der Waals surface area contributed by atoms with Crippen molar-refractivity contribution in [1.29, 1.82) is 0 Å². The molecule has 1 aromatic carbocycles. The molecule has 1 aromatic rings. The SMILES string of the molecule is O=S(=O)(NC1CCC(O)CC1)c1ccc(Br)cc1OC(F)(F)F. The van der Waals surface area contributed by atoms with Crippen LogP contribution >= 0.6 is 15.9 Å². The van der Waals surface area contributed by atoms with E-state index in [1.54, 1.807) is 0 Å². The van der Waals surface area contributed by atoms with Crippen LogP contribution in [0.2, 0.25) is 0 Å². The van der Waals surface area contributed by atoms with Crippen molar-refractivity contribution in [3.8, 4) is 5.75 Å². The molecule has 2 N–H and O–H groups in total. The molecule has 0 unspecified atom stereocenters. The molecule has 5 nitrogen and oxygen atoms in total. The summed E-state index contributed by atoms with van der Waals surface area (Å²) in [5.74, 6) is -0.796. The summed E-state index contributed by atoms with van der Waals surface area (Å²) in [5.41, 5.74) is 0. The first kappa shape index (κ1) is 18.5. The molecule has 0 amide bonds. The maximum absolute atomic E-state index is 12.5. The van der Waals surface area contributed by atoms with Gasteiger partial charge in [-0.2, -0.15) is 0 Å². The topological polar surface area (TPSA) is 75.6 Å². The fraction of sp³-hybridized carbons (Fsp3) is 0.538. The van der Waals surface area contributed by atoms with E-state index in [1.807, 2.05) is 0 Å². The third-order valence-corrected chi connectivity index (χ3v) is 5.49. The van der Waals surface area contributed by atoms with Crippen molar-refractivity contribution in [3.05, 3.63) is 22.7 Å². The molecule has 1 fully saturated rings. The van der Waals surface area contributed by atoms with Gasteiger partial charge in [0.1, 0.15) is 4.90 Å². The van der Waals surface area contributed by atoms with Crippen molar-refractivity contribution < 1.29 is 31.4 Å². The molecule has 1 aliphatic carbocycles. The van der Waals surface area contributed by atoms with Crippen LogP contribution in [0.5, 0.6) is 5.75 Å².